The van der Waals surface area contributed by atoms with Crippen molar-refractivity contribution in [3.8, 4) is 0 Å². The minimum absolute atomic E-state index is 0.0732. The monoisotopic (exact) mass is 393 g/mol. The Morgan fingerprint density at radius 2 is 2.00 bits per heavy atom. The zero-order valence-corrected chi connectivity index (χ0v) is 16.0. The van der Waals surface area contributed by atoms with Crippen LogP contribution in [0.1, 0.15) is 37.7 Å². The number of hydrogen-bond donors (Lipinski definition) is 1. The van der Waals surface area contributed by atoms with Gasteiger partial charge in [0.15, 0.2) is 0 Å². The van der Waals surface area contributed by atoms with Gasteiger partial charge in [-0.3, -0.25) is 9.11 Å². The van der Waals surface area contributed by atoms with Crippen LogP contribution in [-0.2, 0) is 17.3 Å². The number of anilines is 1. The van der Waals surface area contributed by atoms with Crippen LogP contribution in [0.2, 0.25) is 0 Å². The summed E-state index contributed by atoms with van der Waals surface area (Å²) in [4.78, 5) is 38.1. The molecule has 1 saturated carbocycles. The van der Waals surface area contributed by atoms with Crippen LogP contribution in [0.4, 0.5) is 15.4 Å². The lowest BCUT2D eigenvalue weighted by atomic mass is 10.1. The van der Waals surface area contributed by atoms with Crippen LogP contribution in [0.5, 0.6) is 0 Å². The van der Waals surface area contributed by atoms with Gasteiger partial charge in [-0.25, -0.2) is 19.6 Å². The third-order valence-electron chi connectivity index (χ3n) is 5.66. The van der Waals surface area contributed by atoms with Gasteiger partial charge in [-0.15, -0.1) is 0 Å². The van der Waals surface area contributed by atoms with E-state index in [1.807, 2.05) is 0 Å². The number of fused-ring (bicyclic) bond motifs is 1. The summed E-state index contributed by atoms with van der Waals surface area (Å²) in [5.74, 6) is 0.566. The van der Waals surface area contributed by atoms with E-state index in [4.69, 9.17) is 0 Å². The summed E-state index contributed by atoms with van der Waals surface area (Å²) in [5, 5.41) is 9.46. The molecule has 3 heterocycles. The largest absolute Gasteiger partial charge is 0.465 e. The summed E-state index contributed by atoms with van der Waals surface area (Å²) in [5.41, 5.74) is 0.824. The fraction of sp³-hybridized carbons (Fsp3) is 0.647. The van der Waals surface area contributed by atoms with E-state index in [0.29, 0.717) is 31.9 Å². The third kappa shape index (κ3) is 3.26. The highest BCUT2D eigenvalue weighted by atomic mass is 32.2. The molecule has 10 heteroatoms. The Morgan fingerprint density at radius 1 is 1.26 bits per heavy atom. The predicted octanol–water partition coefficient (Wildman–Crippen LogP) is 1.65. The molecule has 2 atom stereocenters. The molecule has 1 aromatic rings. The second-order valence-corrected chi connectivity index (χ2v) is 8.62. The van der Waals surface area contributed by atoms with Crippen molar-refractivity contribution in [1.29, 1.82) is 0 Å². The van der Waals surface area contributed by atoms with Crippen LogP contribution in [0.3, 0.4) is 0 Å². The zero-order valence-electron chi connectivity index (χ0n) is 15.2. The van der Waals surface area contributed by atoms with Crippen molar-refractivity contribution in [2.75, 3.05) is 24.2 Å². The van der Waals surface area contributed by atoms with Gasteiger partial charge in [0.25, 0.3) is 0 Å². The molecule has 1 aliphatic carbocycles. The molecule has 2 fully saturated rings. The van der Waals surface area contributed by atoms with Crippen molar-refractivity contribution in [1.82, 2.24) is 19.8 Å². The first-order chi connectivity index (χ1) is 13.0. The number of amides is 3. The molecule has 9 nitrogen and oxygen atoms in total. The molecule has 4 rings (SSSR count). The molecule has 3 amide bonds. The van der Waals surface area contributed by atoms with Gasteiger partial charge in [0.2, 0.25) is 5.16 Å². The molecule has 1 saturated heterocycles. The second kappa shape index (κ2) is 7.06. The van der Waals surface area contributed by atoms with Gasteiger partial charge < -0.3 is 14.9 Å². The van der Waals surface area contributed by atoms with E-state index < -0.39 is 16.9 Å². The summed E-state index contributed by atoms with van der Waals surface area (Å²) >= 11 is 0. The van der Waals surface area contributed by atoms with Crippen molar-refractivity contribution in [3.05, 3.63) is 11.8 Å². The second-order valence-electron chi connectivity index (χ2n) is 7.35. The van der Waals surface area contributed by atoms with Crippen molar-refractivity contribution < 1.29 is 18.9 Å². The maximum Gasteiger partial charge on any atom is 0.407 e. The molecule has 0 aromatic carbocycles. The molecule has 27 heavy (non-hydrogen) atoms. The molecule has 146 valence electrons. The number of hydrogen-bond acceptors (Lipinski definition) is 5. The topological polar surface area (TPSA) is 107 Å². The highest BCUT2D eigenvalue weighted by Crippen LogP contribution is 2.36. The number of likely N-dealkylation sites (tertiary alicyclic amines) is 1. The fourth-order valence-electron chi connectivity index (χ4n) is 4.27. The quantitative estimate of drug-likeness (QED) is 0.783. The van der Waals surface area contributed by atoms with Gasteiger partial charge in [0, 0.05) is 37.1 Å². The lowest BCUT2D eigenvalue weighted by Gasteiger charge is -2.41. The Kier molecular flexibility index (Phi) is 4.75. The van der Waals surface area contributed by atoms with E-state index in [2.05, 4.69) is 9.97 Å². The zero-order chi connectivity index (χ0) is 19.1. The molecule has 1 aromatic heterocycles. The van der Waals surface area contributed by atoms with Crippen LogP contribution in [0, 0.1) is 0 Å². The Morgan fingerprint density at radius 3 is 2.63 bits per heavy atom. The predicted molar refractivity (Wildman–Crippen MR) is 98.0 cm³/mol. The van der Waals surface area contributed by atoms with Crippen LogP contribution < -0.4 is 4.90 Å². The molecule has 1 N–H and O–H groups in total. The molecule has 1 unspecified atom stereocenters. The highest BCUT2D eigenvalue weighted by molar-refractivity contribution is 7.84. The Bertz CT molecular complexity index is 798. The maximum absolute atomic E-state index is 13.4. The smallest absolute Gasteiger partial charge is 0.407 e. The normalized spacial score (nSPS) is 24.4. The summed E-state index contributed by atoms with van der Waals surface area (Å²) < 4.78 is 11.8. The Labute approximate surface area is 159 Å². The first kappa shape index (κ1) is 18.1. The Hall–Kier alpha value is -2.23. The molecular weight excluding hydrogens is 370 g/mol. The van der Waals surface area contributed by atoms with E-state index in [1.165, 1.54) is 11.2 Å². The number of carbonyl (C=O) groups excluding carboxylic acids is 1. The molecular formula is C17H23N5O4S. The van der Waals surface area contributed by atoms with E-state index in [-0.39, 0.29) is 23.3 Å². The van der Waals surface area contributed by atoms with Crippen molar-refractivity contribution in [3.63, 3.8) is 0 Å². The number of nitrogens with zero attached hydrogens (tertiary/aromatic N) is 5. The van der Waals surface area contributed by atoms with Gasteiger partial charge in [-0.2, -0.15) is 0 Å². The summed E-state index contributed by atoms with van der Waals surface area (Å²) in [6, 6.07) is -0.201. The van der Waals surface area contributed by atoms with Gasteiger partial charge in [-0.05, 0) is 19.3 Å². The minimum atomic E-state index is -1.32. The molecule has 0 radical (unpaired) electrons. The molecule has 0 bridgehead atoms. The average molecular weight is 393 g/mol. The molecule has 2 aliphatic heterocycles. The van der Waals surface area contributed by atoms with E-state index in [0.717, 1.165) is 31.2 Å². The lowest BCUT2D eigenvalue weighted by molar-refractivity contribution is 0.145. The first-order valence-corrected chi connectivity index (χ1v) is 10.8. The van der Waals surface area contributed by atoms with E-state index in [1.54, 1.807) is 16.0 Å². The van der Waals surface area contributed by atoms with Crippen molar-refractivity contribution >= 4 is 28.7 Å². The number of carboxylic acid groups (broad SMARTS) is 1. The van der Waals surface area contributed by atoms with E-state index >= 15 is 0 Å². The standard InChI is InChI=1S/C17H23N5O4S/c1-27(26)15-18-8-11-9-21(13-6-7-20(10-13)17(24)25)16(23)22(14(11)19-15)12-4-2-3-5-12/h8,12-13H,2-7,9-10H2,1H3,(H,24,25)/t13-,27?/m0/s1. The fourth-order valence-corrected chi connectivity index (χ4v) is 4.68. The van der Waals surface area contributed by atoms with Crippen LogP contribution in [0.15, 0.2) is 11.4 Å². The Balaban J connectivity index is 1.68. The van der Waals surface area contributed by atoms with Gasteiger partial charge >= 0.3 is 12.1 Å². The maximum atomic E-state index is 13.4. The first-order valence-electron chi connectivity index (χ1n) is 9.22. The van der Waals surface area contributed by atoms with Gasteiger partial charge in [0.05, 0.1) is 23.4 Å². The van der Waals surface area contributed by atoms with Crippen molar-refractivity contribution in [2.24, 2.45) is 0 Å². The summed E-state index contributed by atoms with van der Waals surface area (Å²) in [7, 11) is -1.32. The molecule has 3 aliphatic rings. The van der Waals surface area contributed by atoms with Crippen LogP contribution in [-0.4, -0.2) is 72.6 Å². The summed E-state index contributed by atoms with van der Waals surface area (Å²) in [6.07, 6.45) is 6.83. The van der Waals surface area contributed by atoms with Crippen LogP contribution >= 0.6 is 0 Å². The van der Waals surface area contributed by atoms with Crippen molar-refractivity contribution in [2.45, 2.75) is 55.9 Å². The number of aromatic nitrogens is 2. The van der Waals surface area contributed by atoms with E-state index in [9.17, 15) is 18.9 Å². The number of carbonyl (C=O) groups is 2. The summed E-state index contributed by atoms with van der Waals surface area (Å²) in [6.45, 7) is 1.11. The minimum Gasteiger partial charge on any atom is -0.465 e. The van der Waals surface area contributed by atoms with Crippen LogP contribution in [0.25, 0.3) is 0 Å². The average Bonchev–Trinajstić information content (AvgIpc) is 3.32. The number of urea groups is 1. The number of rotatable bonds is 3. The van der Waals surface area contributed by atoms with Gasteiger partial charge in [0.1, 0.15) is 5.82 Å². The SMILES string of the molecule is CS(=O)c1ncc2c(n1)N(C1CCCC1)C(=O)N([C@H]1CCN(C(=O)O)C1)C2. The highest BCUT2D eigenvalue weighted by Gasteiger charge is 2.42. The molecule has 0 spiro atoms. The lowest BCUT2D eigenvalue weighted by Crippen LogP contribution is -2.55. The third-order valence-corrected chi connectivity index (χ3v) is 6.37. The van der Waals surface area contributed by atoms with Gasteiger partial charge in [-0.1, -0.05) is 12.8 Å².